The van der Waals surface area contributed by atoms with Crippen LogP contribution in [0, 0.1) is 5.92 Å². The van der Waals surface area contributed by atoms with Gasteiger partial charge in [-0.05, 0) is 18.1 Å². The summed E-state index contributed by atoms with van der Waals surface area (Å²) >= 11 is 0. The van der Waals surface area contributed by atoms with Crippen molar-refractivity contribution in [3.63, 3.8) is 0 Å². The first-order valence-electron chi connectivity index (χ1n) is 6.51. The van der Waals surface area contributed by atoms with E-state index in [1.54, 1.807) is 26.4 Å². The number of benzene rings is 1. The fourth-order valence-corrected chi connectivity index (χ4v) is 1.91. The van der Waals surface area contributed by atoms with Gasteiger partial charge in [0, 0.05) is 20.2 Å². The van der Waals surface area contributed by atoms with Crippen molar-refractivity contribution in [2.24, 2.45) is 5.92 Å². The predicted molar refractivity (Wildman–Crippen MR) is 75.6 cm³/mol. The lowest BCUT2D eigenvalue weighted by Crippen LogP contribution is -2.36. The maximum atomic E-state index is 12.6. The van der Waals surface area contributed by atoms with Gasteiger partial charge in [-0.1, -0.05) is 26.0 Å². The van der Waals surface area contributed by atoms with Crippen LogP contribution in [0.1, 0.15) is 24.2 Å². The molecule has 4 nitrogen and oxygen atoms in total. The molecule has 0 aliphatic rings. The lowest BCUT2D eigenvalue weighted by atomic mass is 10.1. The van der Waals surface area contributed by atoms with Gasteiger partial charge in [-0.2, -0.15) is 0 Å². The third-order valence-corrected chi connectivity index (χ3v) is 2.78. The Bertz CT molecular complexity index is 404. The van der Waals surface area contributed by atoms with Gasteiger partial charge in [0.05, 0.1) is 19.3 Å². The molecule has 0 bridgehead atoms. The lowest BCUT2D eigenvalue weighted by Gasteiger charge is -2.25. The molecule has 0 saturated heterocycles. The summed E-state index contributed by atoms with van der Waals surface area (Å²) in [4.78, 5) is 14.4. The van der Waals surface area contributed by atoms with E-state index in [-0.39, 0.29) is 5.91 Å². The molecule has 1 amide bonds. The largest absolute Gasteiger partial charge is 0.496 e. The minimum atomic E-state index is -0.0109. The second-order valence-electron chi connectivity index (χ2n) is 4.84. The number of methoxy groups -OCH3 is 2. The van der Waals surface area contributed by atoms with Crippen LogP contribution in [-0.4, -0.2) is 44.7 Å². The van der Waals surface area contributed by atoms with Crippen molar-refractivity contribution >= 4 is 5.91 Å². The van der Waals surface area contributed by atoms with Crippen LogP contribution < -0.4 is 4.74 Å². The van der Waals surface area contributed by atoms with Gasteiger partial charge in [0.25, 0.3) is 5.91 Å². The number of carbonyl (C=O) groups is 1. The maximum Gasteiger partial charge on any atom is 0.257 e. The van der Waals surface area contributed by atoms with Crippen LogP contribution in [0.2, 0.25) is 0 Å². The minimum Gasteiger partial charge on any atom is -0.496 e. The Labute approximate surface area is 115 Å². The molecule has 0 aromatic heterocycles. The Morgan fingerprint density at radius 3 is 2.53 bits per heavy atom. The molecule has 1 aromatic rings. The topological polar surface area (TPSA) is 38.8 Å². The van der Waals surface area contributed by atoms with E-state index in [1.165, 1.54) is 0 Å². The molecule has 0 aliphatic heterocycles. The van der Waals surface area contributed by atoms with E-state index in [0.29, 0.717) is 36.9 Å². The fraction of sp³-hybridized carbons (Fsp3) is 0.533. The van der Waals surface area contributed by atoms with Crippen molar-refractivity contribution in [2.45, 2.75) is 13.8 Å². The standard InChI is InChI=1S/C15H23NO3/c1-12(2)11-16(9-10-18-3)15(17)13-7-5-6-8-14(13)19-4/h5-8,12H,9-11H2,1-4H3. The molecule has 0 radical (unpaired) electrons. The third-order valence-electron chi connectivity index (χ3n) is 2.78. The Hall–Kier alpha value is -1.55. The molecule has 0 saturated carbocycles. The Morgan fingerprint density at radius 1 is 1.26 bits per heavy atom. The molecule has 4 heteroatoms. The molecule has 0 atom stereocenters. The van der Waals surface area contributed by atoms with Crippen LogP contribution in [0.5, 0.6) is 5.75 Å². The van der Waals surface area contributed by atoms with E-state index in [0.717, 1.165) is 0 Å². The van der Waals surface area contributed by atoms with Crippen molar-refractivity contribution in [3.8, 4) is 5.75 Å². The Balaban J connectivity index is 2.90. The van der Waals surface area contributed by atoms with Gasteiger partial charge >= 0.3 is 0 Å². The quantitative estimate of drug-likeness (QED) is 0.760. The number of hydrogen-bond acceptors (Lipinski definition) is 3. The van der Waals surface area contributed by atoms with Gasteiger partial charge in [0.15, 0.2) is 0 Å². The third kappa shape index (κ3) is 4.56. The minimum absolute atomic E-state index is 0.0109. The maximum absolute atomic E-state index is 12.6. The fourth-order valence-electron chi connectivity index (χ4n) is 1.91. The number of carbonyl (C=O) groups excluding carboxylic acids is 1. The number of amides is 1. The highest BCUT2D eigenvalue weighted by Gasteiger charge is 2.19. The monoisotopic (exact) mass is 265 g/mol. The number of para-hydroxylation sites is 1. The molecule has 1 rings (SSSR count). The molecule has 0 aliphatic carbocycles. The van der Waals surface area contributed by atoms with Crippen LogP contribution in [0.4, 0.5) is 0 Å². The van der Waals surface area contributed by atoms with Crippen LogP contribution in [0.15, 0.2) is 24.3 Å². The van der Waals surface area contributed by atoms with Crippen LogP contribution >= 0.6 is 0 Å². The summed E-state index contributed by atoms with van der Waals surface area (Å²) in [7, 11) is 3.22. The van der Waals surface area contributed by atoms with Crippen molar-refractivity contribution in [3.05, 3.63) is 29.8 Å². The van der Waals surface area contributed by atoms with Gasteiger partial charge in [-0.15, -0.1) is 0 Å². The van der Waals surface area contributed by atoms with E-state index in [1.807, 2.05) is 17.0 Å². The molecule has 0 N–H and O–H groups in total. The Kier molecular flexibility index (Phi) is 6.36. The van der Waals surface area contributed by atoms with Gasteiger partial charge in [0.1, 0.15) is 5.75 Å². The molecule has 0 unspecified atom stereocenters. The van der Waals surface area contributed by atoms with Crippen molar-refractivity contribution in [1.29, 1.82) is 0 Å². The molecule has 0 spiro atoms. The van der Waals surface area contributed by atoms with E-state index in [2.05, 4.69) is 13.8 Å². The summed E-state index contributed by atoms with van der Waals surface area (Å²) in [5.41, 5.74) is 0.599. The molecule has 19 heavy (non-hydrogen) atoms. The summed E-state index contributed by atoms with van der Waals surface area (Å²) in [5.74, 6) is 1.01. The molecule has 0 heterocycles. The van der Waals surface area contributed by atoms with Crippen LogP contribution in [0.3, 0.4) is 0 Å². The number of rotatable bonds is 7. The average Bonchev–Trinajstić information content (AvgIpc) is 2.42. The highest BCUT2D eigenvalue weighted by Crippen LogP contribution is 2.19. The molecular formula is C15H23NO3. The van der Waals surface area contributed by atoms with E-state index >= 15 is 0 Å². The smallest absolute Gasteiger partial charge is 0.257 e. The van der Waals surface area contributed by atoms with Gasteiger partial charge in [0.2, 0.25) is 0 Å². The number of hydrogen-bond donors (Lipinski definition) is 0. The highest BCUT2D eigenvalue weighted by atomic mass is 16.5. The van der Waals surface area contributed by atoms with Crippen LogP contribution in [0.25, 0.3) is 0 Å². The average molecular weight is 265 g/mol. The van der Waals surface area contributed by atoms with Gasteiger partial charge in [-0.3, -0.25) is 4.79 Å². The van der Waals surface area contributed by atoms with Crippen molar-refractivity contribution in [1.82, 2.24) is 4.90 Å². The second kappa shape index (κ2) is 7.79. The van der Waals surface area contributed by atoms with E-state index in [9.17, 15) is 4.79 Å². The molecular weight excluding hydrogens is 242 g/mol. The number of nitrogens with zero attached hydrogens (tertiary/aromatic N) is 1. The summed E-state index contributed by atoms with van der Waals surface area (Å²) in [6.07, 6.45) is 0. The second-order valence-corrected chi connectivity index (χ2v) is 4.84. The SMILES string of the molecule is COCCN(CC(C)C)C(=O)c1ccccc1OC. The molecule has 106 valence electrons. The first-order valence-corrected chi connectivity index (χ1v) is 6.51. The summed E-state index contributed by atoms with van der Waals surface area (Å²) in [6.45, 7) is 6.02. The normalized spacial score (nSPS) is 10.6. The first kappa shape index (κ1) is 15.5. The van der Waals surface area contributed by atoms with E-state index in [4.69, 9.17) is 9.47 Å². The van der Waals surface area contributed by atoms with Gasteiger partial charge < -0.3 is 14.4 Å². The number of ether oxygens (including phenoxy) is 2. The van der Waals surface area contributed by atoms with Gasteiger partial charge in [-0.25, -0.2) is 0 Å². The zero-order valence-electron chi connectivity index (χ0n) is 12.2. The zero-order valence-corrected chi connectivity index (χ0v) is 12.2. The molecule has 0 fully saturated rings. The molecule has 1 aromatic carbocycles. The van der Waals surface area contributed by atoms with E-state index < -0.39 is 0 Å². The first-order chi connectivity index (χ1) is 9.10. The lowest BCUT2D eigenvalue weighted by molar-refractivity contribution is 0.0669. The van der Waals surface area contributed by atoms with Crippen LogP contribution in [-0.2, 0) is 4.74 Å². The zero-order chi connectivity index (χ0) is 14.3. The Morgan fingerprint density at radius 2 is 1.95 bits per heavy atom. The van der Waals surface area contributed by atoms with Crippen molar-refractivity contribution in [2.75, 3.05) is 33.9 Å². The van der Waals surface area contributed by atoms with Crippen molar-refractivity contribution < 1.29 is 14.3 Å². The highest BCUT2D eigenvalue weighted by molar-refractivity contribution is 5.96. The summed E-state index contributed by atoms with van der Waals surface area (Å²) < 4.78 is 10.3. The summed E-state index contributed by atoms with van der Waals surface area (Å²) in [5, 5.41) is 0. The predicted octanol–water partition coefficient (Wildman–Crippen LogP) is 2.44. The summed E-state index contributed by atoms with van der Waals surface area (Å²) in [6, 6.07) is 7.30.